The molecule has 3 rings (SSSR count). The molecule has 0 spiro atoms. The Labute approximate surface area is 132 Å². The van der Waals surface area contributed by atoms with Crippen molar-refractivity contribution >= 4 is 41.0 Å². The monoisotopic (exact) mass is 313 g/mol. The SMILES string of the molecule is O=C(N[C@H]1C=Nc2ccccc2NC1=O)c1ccc(Cl)cc1. The van der Waals surface area contributed by atoms with E-state index in [-0.39, 0.29) is 11.8 Å². The van der Waals surface area contributed by atoms with Crippen LogP contribution in [0.15, 0.2) is 53.5 Å². The van der Waals surface area contributed by atoms with E-state index in [0.717, 1.165) is 0 Å². The predicted molar refractivity (Wildman–Crippen MR) is 85.9 cm³/mol. The maximum Gasteiger partial charge on any atom is 0.252 e. The van der Waals surface area contributed by atoms with E-state index in [4.69, 9.17) is 11.6 Å². The highest BCUT2D eigenvalue weighted by atomic mass is 35.5. The molecule has 5 nitrogen and oxygen atoms in total. The summed E-state index contributed by atoms with van der Waals surface area (Å²) in [5.41, 5.74) is 1.69. The van der Waals surface area contributed by atoms with Gasteiger partial charge < -0.3 is 10.6 Å². The van der Waals surface area contributed by atoms with Crippen molar-refractivity contribution in [3.8, 4) is 0 Å². The normalized spacial score (nSPS) is 16.4. The summed E-state index contributed by atoms with van der Waals surface area (Å²) in [4.78, 5) is 28.6. The van der Waals surface area contributed by atoms with Crippen LogP contribution in [-0.4, -0.2) is 24.1 Å². The number of aliphatic imine (C=N–C) groups is 1. The molecule has 110 valence electrons. The van der Waals surface area contributed by atoms with Gasteiger partial charge in [0, 0.05) is 16.8 Å². The second-order valence-corrected chi connectivity index (χ2v) is 5.18. The Kier molecular flexibility index (Phi) is 3.89. The fraction of sp³-hybridized carbons (Fsp3) is 0.0625. The third-order valence-electron chi connectivity index (χ3n) is 3.20. The highest BCUT2D eigenvalue weighted by Crippen LogP contribution is 2.25. The fourth-order valence-corrected chi connectivity index (χ4v) is 2.18. The molecule has 1 aliphatic heterocycles. The molecule has 0 fully saturated rings. The first-order chi connectivity index (χ1) is 10.6. The number of halogens is 1. The van der Waals surface area contributed by atoms with Crippen molar-refractivity contribution in [1.82, 2.24) is 5.32 Å². The number of anilines is 1. The molecule has 2 aromatic rings. The molecule has 2 N–H and O–H groups in total. The van der Waals surface area contributed by atoms with Gasteiger partial charge in [-0.2, -0.15) is 0 Å². The number of rotatable bonds is 2. The van der Waals surface area contributed by atoms with Crippen LogP contribution in [0.25, 0.3) is 0 Å². The smallest absolute Gasteiger partial charge is 0.252 e. The summed E-state index contributed by atoms with van der Waals surface area (Å²) >= 11 is 5.79. The molecule has 0 radical (unpaired) electrons. The Hall–Kier alpha value is -2.66. The molecule has 2 aromatic carbocycles. The van der Waals surface area contributed by atoms with Gasteiger partial charge in [-0.3, -0.25) is 14.6 Å². The van der Waals surface area contributed by atoms with Gasteiger partial charge in [0.05, 0.1) is 11.4 Å². The molecule has 0 saturated carbocycles. The lowest BCUT2D eigenvalue weighted by Gasteiger charge is -2.12. The van der Waals surface area contributed by atoms with Crippen LogP contribution in [0, 0.1) is 0 Å². The number of hydrogen-bond acceptors (Lipinski definition) is 3. The largest absolute Gasteiger partial charge is 0.336 e. The Balaban J connectivity index is 1.77. The quantitative estimate of drug-likeness (QED) is 0.895. The third-order valence-corrected chi connectivity index (χ3v) is 3.45. The summed E-state index contributed by atoms with van der Waals surface area (Å²) < 4.78 is 0. The Bertz CT molecular complexity index is 756. The van der Waals surface area contributed by atoms with Crippen molar-refractivity contribution in [2.75, 3.05) is 5.32 Å². The highest BCUT2D eigenvalue weighted by molar-refractivity contribution is 6.30. The van der Waals surface area contributed by atoms with E-state index in [2.05, 4.69) is 15.6 Å². The van der Waals surface area contributed by atoms with Crippen LogP contribution < -0.4 is 10.6 Å². The van der Waals surface area contributed by atoms with Crippen molar-refractivity contribution in [3.63, 3.8) is 0 Å². The molecule has 0 unspecified atom stereocenters. The average molecular weight is 314 g/mol. The minimum atomic E-state index is -0.837. The number of fused-ring (bicyclic) bond motifs is 1. The number of hydrogen-bond donors (Lipinski definition) is 2. The predicted octanol–water partition coefficient (Wildman–Crippen LogP) is 2.79. The van der Waals surface area contributed by atoms with E-state index < -0.39 is 6.04 Å². The van der Waals surface area contributed by atoms with E-state index in [0.29, 0.717) is 22.0 Å². The first-order valence-electron chi connectivity index (χ1n) is 6.64. The van der Waals surface area contributed by atoms with Gasteiger partial charge in [-0.1, -0.05) is 23.7 Å². The Morgan fingerprint density at radius 1 is 1.14 bits per heavy atom. The molecule has 6 heteroatoms. The number of carbonyl (C=O) groups excluding carboxylic acids is 2. The van der Waals surface area contributed by atoms with Gasteiger partial charge in [-0.05, 0) is 36.4 Å². The van der Waals surface area contributed by atoms with Gasteiger partial charge in [-0.25, -0.2) is 0 Å². The van der Waals surface area contributed by atoms with Crippen molar-refractivity contribution in [2.45, 2.75) is 6.04 Å². The van der Waals surface area contributed by atoms with E-state index >= 15 is 0 Å². The van der Waals surface area contributed by atoms with Crippen molar-refractivity contribution in [1.29, 1.82) is 0 Å². The number of amides is 2. The Morgan fingerprint density at radius 2 is 1.86 bits per heavy atom. The lowest BCUT2D eigenvalue weighted by atomic mass is 10.2. The van der Waals surface area contributed by atoms with E-state index in [9.17, 15) is 9.59 Å². The van der Waals surface area contributed by atoms with E-state index in [1.807, 2.05) is 6.07 Å². The minimum absolute atomic E-state index is 0.337. The summed E-state index contributed by atoms with van der Waals surface area (Å²) in [7, 11) is 0. The number of para-hydroxylation sites is 2. The molecule has 1 heterocycles. The molecule has 0 saturated heterocycles. The van der Waals surface area contributed by atoms with Crippen molar-refractivity contribution < 1.29 is 9.59 Å². The van der Waals surface area contributed by atoms with Gasteiger partial charge in [0.15, 0.2) is 0 Å². The van der Waals surface area contributed by atoms with Gasteiger partial charge in [0.1, 0.15) is 6.04 Å². The van der Waals surface area contributed by atoms with Gasteiger partial charge in [-0.15, -0.1) is 0 Å². The van der Waals surface area contributed by atoms with Crippen LogP contribution in [0.5, 0.6) is 0 Å². The van der Waals surface area contributed by atoms with Crippen LogP contribution in [0.1, 0.15) is 10.4 Å². The Morgan fingerprint density at radius 3 is 2.64 bits per heavy atom. The number of nitrogens with zero attached hydrogens (tertiary/aromatic N) is 1. The molecule has 0 aromatic heterocycles. The first-order valence-corrected chi connectivity index (χ1v) is 7.02. The molecular weight excluding hydrogens is 302 g/mol. The summed E-state index contributed by atoms with van der Waals surface area (Å²) in [6, 6.07) is 12.8. The van der Waals surface area contributed by atoms with E-state index in [1.165, 1.54) is 6.21 Å². The third kappa shape index (κ3) is 2.99. The molecule has 0 bridgehead atoms. The van der Waals surface area contributed by atoms with Gasteiger partial charge in [0.2, 0.25) is 0 Å². The van der Waals surface area contributed by atoms with Crippen LogP contribution in [0.2, 0.25) is 5.02 Å². The van der Waals surface area contributed by atoms with Crippen molar-refractivity contribution in [2.24, 2.45) is 4.99 Å². The fourth-order valence-electron chi connectivity index (χ4n) is 2.05. The summed E-state index contributed by atoms with van der Waals surface area (Å²) in [6.07, 6.45) is 1.43. The molecule has 2 amide bonds. The second-order valence-electron chi connectivity index (χ2n) is 4.74. The zero-order valence-corrected chi connectivity index (χ0v) is 12.2. The zero-order valence-electron chi connectivity index (χ0n) is 11.4. The summed E-state index contributed by atoms with van der Waals surface area (Å²) in [5.74, 6) is -0.703. The van der Waals surface area contributed by atoms with Crippen molar-refractivity contribution in [3.05, 3.63) is 59.1 Å². The molecule has 1 aliphatic rings. The lowest BCUT2D eigenvalue weighted by molar-refractivity contribution is -0.116. The van der Waals surface area contributed by atoms with Gasteiger partial charge in [0.25, 0.3) is 11.8 Å². The number of benzene rings is 2. The van der Waals surface area contributed by atoms with Crippen LogP contribution in [0.4, 0.5) is 11.4 Å². The summed E-state index contributed by atoms with van der Waals surface area (Å²) in [6.45, 7) is 0. The first kappa shape index (κ1) is 14.3. The zero-order chi connectivity index (χ0) is 15.5. The highest BCUT2D eigenvalue weighted by Gasteiger charge is 2.22. The van der Waals surface area contributed by atoms with Crippen LogP contribution >= 0.6 is 11.6 Å². The van der Waals surface area contributed by atoms with Crippen LogP contribution in [-0.2, 0) is 4.79 Å². The maximum absolute atomic E-state index is 12.2. The van der Waals surface area contributed by atoms with Crippen LogP contribution in [0.3, 0.4) is 0 Å². The molecule has 1 atom stereocenters. The average Bonchev–Trinajstić information content (AvgIpc) is 2.67. The number of carbonyl (C=O) groups is 2. The standard InChI is InChI=1S/C16H12ClN3O2/c17-11-7-5-10(6-8-11)15(21)20-14-9-18-12-3-1-2-4-13(12)19-16(14)22/h1-9,14H,(H,19,22)(H,20,21)/t14-/m0/s1. The number of nitrogens with one attached hydrogen (secondary N) is 2. The summed E-state index contributed by atoms with van der Waals surface area (Å²) in [5, 5.41) is 5.92. The minimum Gasteiger partial charge on any atom is -0.336 e. The van der Waals surface area contributed by atoms with E-state index in [1.54, 1.807) is 42.5 Å². The van der Waals surface area contributed by atoms with Gasteiger partial charge >= 0.3 is 0 Å². The lowest BCUT2D eigenvalue weighted by Crippen LogP contribution is -2.44. The molecule has 22 heavy (non-hydrogen) atoms. The molecule has 0 aliphatic carbocycles. The maximum atomic E-state index is 12.2. The second kappa shape index (κ2) is 5.99. The topological polar surface area (TPSA) is 70.6 Å². The molecular formula is C16H12ClN3O2.